The van der Waals surface area contributed by atoms with Crippen molar-refractivity contribution in [2.75, 3.05) is 0 Å². The van der Waals surface area contributed by atoms with E-state index in [4.69, 9.17) is 0 Å². The molecule has 1 aromatic carbocycles. The molecule has 1 heterocycles. The smallest absolute Gasteiger partial charge is 0.148 e. The quantitative estimate of drug-likeness (QED) is 0.391. The van der Waals surface area contributed by atoms with Crippen LogP contribution in [0.4, 0.5) is 5.69 Å². The van der Waals surface area contributed by atoms with Crippen molar-refractivity contribution in [3.63, 3.8) is 0 Å². The fourth-order valence-electron chi connectivity index (χ4n) is 1.15. The van der Waals surface area contributed by atoms with Crippen LogP contribution >= 0.6 is 22.6 Å². The number of benzene rings is 1. The zero-order chi connectivity index (χ0) is 9.31. The summed E-state index contributed by atoms with van der Waals surface area (Å²) in [6, 6.07) is 8.00. The Morgan fingerprint density at radius 3 is 2.92 bits per heavy atom. The maximum atomic E-state index is 4.22. The SMILES string of the molecule is CC1(I)C=Cc2ccccc2N=N1. The first-order valence-electron chi connectivity index (χ1n) is 4.07. The van der Waals surface area contributed by atoms with Crippen LogP contribution in [0.1, 0.15) is 12.5 Å². The molecule has 0 aliphatic carbocycles. The minimum Gasteiger partial charge on any atom is -0.167 e. The number of rotatable bonds is 0. The summed E-state index contributed by atoms with van der Waals surface area (Å²) in [6.45, 7) is 2.03. The average molecular weight is 284 g/mol. The maximum absolute atomic E-state index is 4.22. The van der Waals surface area contributed by atoms with E-state index < -0.39 is 0 Å². The van der Waals surface area contributed by atoms with Gasteiger partial charge in [-0.2, -0.15) is 10.2 Å². The molecule has 0 spiro atoms. The Morgan fingerprint density at radius 2 is 2.08 bits per heavy atom. The van der Waals surface area contributed by atoms with Gasteiger partial charge in [-0.3, -0.25) is 0 Å². The van der Waals surface area contributed by atoms with Gasteiger partial charge in [0.05, 0.1) is 5.69 Å². The van der Waals surface area contributed by atoms with E-state index in [1.165, 1.54) is 0 Å². The molecule has 0 amide bonds. The molecule has 0 aromatic heterocycles. The second-order valence-corrected chi connectivity index (χ2v) is 5.30. The standard InChI is InChI=1S/C10H9IN2/c1-10(11)7-6-8-4-2-3-5-9(8)12-13-10/h2-7H,1H3. The van der Waals surface area contributed by atoms with Crippen LogP contribution < -0.4 is 0 Å². The minimum absolute atomic E-state index is 0.212. The lowest BCUT2D eigenvalue weighted by molar-refractivity contribution is 0.831. The van der Waals surface area contributed by atoms with E-state index in [2.05, 4.69) is 45.0 Å². The highest BCUT2D eigenvalue weighted by molar-refractivity contribution is 14.1. The summed E-state index contributed by atoms with van der Waals surface area (Å²) in [4.78, 5) is 0. The van der Waals surface area contributed by atoms with Gasteiger partial charge in [0.25, 0.3) is 0 Å². The van der Waals surface area contributed by atoms with Gasteiger partial charge in [0, 0.05) is 5.56 Å². The third kappa shape index (κ3) is 1.96. The van der Waals surface area contributed by atoms with Crippen molar-refractivity contribution in [3.05, 3.63) is 35.9 Å². The predicted molar refractivity (Wildman–Crippen MR) is 62.4 cm³/mol. The highest BCUT2D eigenvalue weighted by Crippen LogP contribution is 2.31. The van der Waals surface area contributed by atoms with Crippen LogP contribution in [-0.4, -0.2) is 3.55 Å². The number of fused-ring (bicyclic) bond motifs is 1. The Labute approximate surface area is 90.9 Å². The molecule has 1 aromatic rings. The fourth-order valence-corrected chi connectivity index (χ4v) is 1.43. The Kier molecular flexibility index (Phi) is 2.19. The summed E-state index contributed by atoms with van der Waals surface area (Å²) in [5.41, 5.74) is 2.07. The topological polar surface area (TPSA) is 24.7 Å². The monoisotopic (exact) mass is 284 g/mol. The first kappa shape index (κ1) is 8.87. The maximum Gasteiger partial charge on any atom is 0.148 e. The highest BCUT2D eigenvalue weighted by Gasteiger charge is 2.16. The van der Waals surface area contributed by atoms with Crippen molar-refractivity contribution in [3.8, 4) is 0 Å². The predicted octanol–water partition coefficient (Wildman–Crippen LogP) is 3.95. The first-order chi connectivity index (χ1) is 6.17. The molecule has 0 bridgehead atoms. The van der Waals surface area contributed by atoms with E-state index in [1.54, 1.807) is 0 Å². The molecule has 0 N–H and O–H groups in total. The summed E-state index contributed by atoms with van der Waals surface area (Å²) in [6.07, 6.45) is 4.13. The van der Waals surface area contributed by atoms with E-state index in [1.807, 2.05) is 31.2 Å². The second-order valence-electron chi connectivity index (χ2n) is 3.12. The van der Waals surface area contributed by atoms with Crippen molar-refractivity contribution in [2.24, 2.45) is 10.2 Å². The number of hydrogen-bond donors (Lipinski definition) is 0. The molecular weight excluding hydrogens is 275 g/mol. The van der Waals surface area contributed by atoms with Gasteiger partial charge < -0.3 is 0 Å². The summed E-state index contributed by atoms with van der Waals surface area (Å²) < 4.78 is -0.212. The van der Waals surface area contributed by atoms with Crippen molar-refractivity contribution in [1.29, 1.82) is 0 Å². The van der Waals surface area contributed by atoms with Crippen molar-refractivity contribution >= 4 is 34.4 Å². The third-order valence-corrected chi connectivity index (χ3v) is 2.43. The molecule has 2 rings (SSSR count). The van der Waals surface area contributed by atoms with E-state index >= 15 is 0 Å². The lowest BCUT2D eigenvalue weighted by Crippen LogP contribution is -2.03. The molecule has 0 saturated heterocycles. The van der Waals surface area contributed by atoms with E-state index in [0.29, 0.717) is 0 Å². The Bertz CT molecular complexity index is 345. The van der Waals surface area contributed by atoms with Gasteiger partial charge in [-0.1, -0.05) is 24.3 Å². The number of hydrogen-bond acceptors (Lipinski definition) is 2. The zero-order valence-electron chi connectivity index (χ0n) is 7.24. The van der Waals surface area contributed by atoms with Crippen LogP contribution in [0.5, 0.6) is 0 Å². The minimum atomic E-state index is -0.212. The van der Waals surface area contributed by atoms with E-state index in [-0.39, 0.29) is 3.55 Å². The molecule has 3 heteroatoms. The Morgan fingerprint density at radius 1 is 1.31 bits per heavy atom. The van der Waals surface area contributed by atoms with Gasteiger partial charge in [0.1, 0.15) is 3.55 Å². The van der Waals surface area contributed by atoms with Gasteiger partial charge in [-0.05, 0) is 41.7 Å². The third-order valence-electron chi connectivity index (χ3n) is 1.86. The van der Waals surface area contributed by atoms with Gasteiger partial charge in [0.2, 0.25) is 0 Å². The molecule has 0 fully saturated rings. The molecule has 66 valence electrons. The van der Waals surface area contributed by atoms with Gasteiger partial charge in [-0.25, -0.2) is 0 Å². The molecule has 0 radical (unpaired) electrons. The van der Waals surface area contributed by atoms with Crippen LogP contribution in [0.25, 0.3) is 6.08 Å². The van der Waals surface area contributed by atoms with Crippen LogP contribution in [0.15, 0.2) is 40.6 Å². The molecule has 2 nitrogen and oxygen atoms in total. The average Bonchev–Trinajstić information content (AvgIpc) is 2.27. The number of halogens is 1. The number of nitrogens with zero attached hydrogens (tertiary/aromatic N) is 2. The van der Waals surface area contributed by atoms with Crippen LogP contribution in [0, 0.1) is 0 Å². The number of alkyl halides is 1. The number of azo groups is 1. The Balaban J connectivity index is 2.53. The van der Waals surface area contributed by atoms with Crippen molar-refractivity contribution < 1.29 is 0 Å². The zero-order valence-corrected chi connectivity index (χ0v) is 9.39. The summed E-state index contributed by atoms with van der Waals surface area (Å²) in [7, 11) is 0. The molecule has 0 saturated carbocycles. The highest BCUT2D eigenvalue weighted by atomic mass is 127. The van der Waals surface area contributed by atoms with Gasteiger partial charge >= 0.3 is 0 Å². The van der Waals surface area contributed by atoms with Crippen LogP contribution in [0.2, 0.25) is 0 Å². The van der Waals surface area contributed by atoms with E-state index in [9.17, 15) is 0 Å². The largest absolute Gasteiger partial charge is 0.167 e. The summed E-state index contributed by atoms with van der Waals surface area (Å²) >= 11 is 2.27. The van der Waals surface area contributed by atoms with Crippen molar-refractivity contribution in [1.82, 2.24) is 0 Å². The molecule has 1 aliphatic heterocycles. The summed E-state index contributed by atoms with van der Waals surface area (Å²) in [5, 5.41) is 8.42. The van der Waals surface area contributed by atoms with Crippen molar-refractivity contribution in [2.45, 2.75) is 10.5 Å². The Hall–Kier alpha value is -0.710. The fraction of sp³-hybridized carbons (Fsp3) is 0.200. The first-order valence-corrected chi connectivity index (χ1v) is 5.15. The second kappa shape index (κ2) is 3.21. The van der Waals surface area contributed by atoms with E-state index in [0.717, 1.165) is 11.3 Å². The molecular formula is C10H9IN2. The summed E-state index contributed by atoms with van der Waals surface area (Å²) in [5.74, 6) is 0. The van der Waals surface area contributed by atoms with Gasteiger partial charge in [-0.15, -0.1) is 0 Å². The lowest BCUT2D eigenvalue weighted by atomic mass is 10.1. The molecule has 1 atom stereocenters. The molecule has 13 heavy (non-hydrogen) atoms. The van der Waals surface area contributed by atoms with Gasteiger partial charge in [0.15, 0.2) is 0 Å². The lowest BCUT2D eigenvalue weighted by Gasteiger charge is -2.06. The van der Waals surface area contributed by atoms with Crippen LogP contribution in [0.3, 0.4) is 0 Å². The molecule has 1 unspecified atom stereocenters. The molecule has 1 aliphatic rings. The van der Waals surface area contributed by atoms with Crippen LogP contribution in [-0.2, 0) is 0 Å². The normalized spacial score (nSPS) is 25.4.